The van der Waals surface area contributed by atoms with E-state index in [-0.39, 0.29) is 16.2 Å². The maximum atomic E-state index is 13.8. The molecule has 1 fully saturated rings. The minimum absolute atomic E-state index is 0.105. The van der Waals surface area contributed by atoms with E-state index in [0.717, 1.165) is 0 Å². The van der Waals surface area contributed by atoms with Crippen LogP contribution in [0.1, 0.15) is 25.8 Å². The minimum Gasteiger partial charge on any atom is -0.452 e. The van der Waals surface area contributed by atoms with Crippen molar-refractivity contribution in [2.45, 2.75) is 35.7 Å². The highest BCUT2D eigenvalue weighted by molar-refractivity contribution is 8.04. The molecular formula is C25H25NO6S2. The smallest absolute Gasteiger partial charge is 0.312 e. The van der Waals surface area contributed by atoms with Gasteiger partial charge in [-0.25, -0.2) is 16.8 Å². The topological polar surface area (TPSA) is 97.8 Å². The normalized spacial score (nSPS) is 20.3. The van der Waals surface area contributed by atoms with Crippen molar-refractivity contribution in [1.82, 2.24) is 3.71 Å². The lowest BCUT2D eigenvalue weighted by Gasteiger charge is -2.34. The number of sulfonamides is 2. The molecular weight excluding hydrogens is 474 g/mol. The van der Waals surface area contributed by atoms with Crippen LogP contribution in [-0.2, 0) is 35.2 Å². The summed E-state index contributed by atoms with van der Waals surface area (Å²) in [5, 5.41) is 0. The number of carbonyl (C=O) groups excluding carboxylic acids is 1. The second kappa shape index (κ2) is 8.65. The highest BCUT2D eigenvalue weighted by Crippen LogP contribution is 2.48. The van der Waals surface area contributed by atoms with Crippen LogP contribution >= 0.6 is 0 Å². The Labute approximate surface area is 200 Å². The second-order valence-electron chi connectivity index (χ2n) is 8.88. The SMILES string of the molecule is CC1(C)C[C@](CN(S(=O)(=O)c2ccccc2)S(=O)(=O)c2ccccc2)(c2ccccc2)OC1=O. The van der Waals surface area contributed by atoms with Gasteiger partial charge >= 0.3 is 5.97 Å². The van der Waals surface area contributed by atoms with Gasteiger partial charge in [-0.05, 0) is 43.7 Å². The summed E-state index contributed by atoms with van der Waals surface area (Å²) in [6, 6.07) is 23.4. The van der Waals surface area contributed by atoms with Gasteiger partial charge in [-0.1, -0.05) is 70.4 Å². The Bertz CT molecular complexity index is 1320. The first-order valence-electron chi connectivity index (χ1n) is 10.7. The van der Waals surface area contributed by atoms with Gasteiger partial charge in [0.2, 0.25) is 0 Å². The average Bonchev–Trinajstić information content (AvgIpc) is 3.08. The zero-order chi connectivity index (χ0) is 24.6. The van der Waals surface area contributed by atoms with Gasteiger partial charge in [-0.2, -0.15) is 0 Å². The van der Waals surface area contributed by atoms with Crippen molar-refractivity contribution in [2.24, 2.45) is 5.41 Å². The second-order valence-corrected chi connectivity index (χ2v) is 12.8. The molecule has 1 aliphatic heterocycles. The van der Waals surface area contributed by atoms with Gasteiger partial charge in [0.25, 0.3) is 20.0 Å². The summed E-state index contributed by atoms with van der Waals surface area (Å²) in [4.78, 5) is 12.4. The maximum Gasteiger partial charge on any atom is 0.312 e. The van der Waals surface area contributed by atoms with Gasteiger partial charge in [0.05, 0.1) is 21.8 Å². The molecule has 0 aliphatic carbocycles. The Morgan fingerprint density at radius 1 is 0.735 bits per heavy atom. The molecule has 1 saturated heterocycles. The molecule has 9 heteroatoms. The Balaban J connectivity index is 1.93. The van der Waals surface area contributed by atoms with E-state index in [0.29, 0.717) is 9.27 Å². The minimum atomic E-state index is -4.54. The molecule has 0 radical (unpaired) electrons. The Hall–Kier alpha value is -3.01. The standard InChI is InChI=1S/C25H25NO6S2/c1-24(2)18-25(32-23(24)27,20-12-6-3-7-13-20)19-26(33(28,29)21-14-8-4-9-15-21)34(30,31)22-16-10-5-11-17-22/h3-17H,18-19H2,1-2H3/t25-/m0/s1. The lowest BCUT2D eigenvalue weighted by molar-refractivity contribution is -0.154. The van der Waals surface area contributed by atoms with Gasteiger partial charge in [0, 0.05) is 6.42 Å². The van der Waals surface area contributed by atoms with Crippen LogP contribution in [0.3, 0.4) is 0 Å². The third kappa shape index (κ3) is 4.26. The van der Waals surface area contributed by atoms with E-state index < -0.39 is 43.6 Å². The summed E-state index contributed by atoms with van der Waals surface area (Å²) in [5.41, 5.74) is -1.91. The fraction of sp³-hybridized carbons (Fsp3) is 0.240. The highest BCUT2D eigenvalue weighted by Gasteiger charge is 2.56. The van der Waals surface area contributed by atoms with Gasteiger partial charge in [0.15, 0.2) is 5.60 Å². The average molecular weight is 500 g/mol. The zero-order valence-corrected chi connectivity index (χ0v) is 20.4. The van der Waals surface area contributed by atoms with E-state index in [4.69, 9.17) is 4.74 Å². The molecule has 1 heterocycles. The molecule has 34 heavy (non-hydrogen) atoms. The summed E-state index contributed by atoms with van der Waals surface area (Å²) in [6.45, 7) is 2.80. The number of carbonyl (C=O) groups is 1. The van der Waals surface area contributed by atoms with Crippen LogP contribution in [0, 0.1) is 5.41 Å². The van der Waals surface area contributed by atoms with Crippen molar-refractivity contribution in [1.29, 1.82) is 0 Å². The summed E-state index contributed by atoms with van der Waals surface area (Å²) in [6.07, 6.45) is 0.105. The molecule has 0 aromatic heterocycles. The summed E-state index contributed by atoms with van der Waals surface area (Å²) >= 11 is 0. The monoisotopic (exact) mass is 499 g/mol. The number of nitrogens with zero attached hydrogens (tertiary/aromatic N) is 1. The fourth-order valence-corrected chi connectivity index (χ4v) is 7.93. The number of benzene rings is 3. The first-order valence-corrected chi connectivity index (χ1v) is 13.5. The Morgan fingerprint density at radius 3 is 1.53 bits per heavy atom. The Morgan fingerprint density at radius 2 is 1.15 bits per heavy atom. The van der Waals surface area contributed by atoms with E-state index in [1.54, 1.807) is 56.3 Å². The van der Waals surface area contributed by atoms with Gasteiger partial charge in [-0.3, -0.25) is 4.79 Å². The van der Waals surface area contributed by atoms with Crippen LogP contribution in [0.5, 0.6) is 0 Å². The molecule has 1 atom stereocenters. The van der Waals surface area contributed by atoms with Gasteiger partial charge in [0.1, 0.15) is 0 Å². The van der Waals surface area contributed by atoms with E-state index in [1.807, 2.05) is 0 Å². The molecule has 0 saturated carbocycles. The number of esters is 1. The predicted octanol–water partition coefficient (Wildman–Crippen LogP) is 3.93. The quantitative estimate of drug-likeness (QED) is 0.457. The lowest BCUT2D eigenvalue weighted by atomic mass is 9.80. The van der Waals surface area contributed by atoms with Crippen molar-refractivity contribution in [3.05, 3.63) is 96.6 Å². The van der Waals surface area contributed by atoms with Crippen LogP contribution in [0.15, 0.2) is 101 Å². The van der Waals surface area contributed by atoms with Crippen LogP contribution < -0.4 is 0 Å². The molecule has 178 valence electrons. The fourth-order valence-electron chi connectivity index (χ4n) is 4.15. The zero-order valence-electron chi connectivity index (χ0n) is 18.8. The van der Waals surface area contributed by atoms with Gasteiger partial charge in [-0.15, -0.1) is 0 Å². The summed E-state index contributed by atoms with van der Waals surface area (Å²) in [7, 11) is -9.08. The molecule has 3 aromatic rings. The van der Waals surface area contributed by atoms with Crippen LogP contribution in [-0.4, -0.2) is 33.1 Å². The molecule has 0 N–H and O–H groups in total. The molecule has 3 aromatic carbocycles. The molecule has 0 spiro atoms. The van der Waals surface area contributed by atoms with E-state index >= 15 is 0 Å². The van der Waals surface area contributed by atoms with Crippen molar-refractivity contribution in [3.63, 3.8) is 0 Å². The molecule has 4 rings (SSSR count). The predicted molar refractivity (Wildman–Crippen MR) is 127 cm³/mol. The number of hydrogen-bond acceptors (Lipinski definition) is 6. The number of ether oxygens (including phenoxy) is 1. The molecule has 7 nitrogen and oxygen atoms in total. The van der Waals surface area contributed by atoms with Crippen molar-refractivity contribution in [2.75, 3.05) is 6.54 Å². The largest absolute Gasteiger partial charge is 0.452 e. The Kier molecular flexibility index (Phi) is 6.14. The van der Waals surface area contributed by atoms with E-state index in [1.165, 1.54) is 48.5 Å². The third-order valence-electron chi connectivity index (χ3n) is 5.87. The first kappa shape index (κ1) is 24.1. The number of rotatable bonds is 7. The molecule has 0 unspecified atom stereocenters. The molecule has 0 bridgehead atoms. The van der Waals surface area contributed by atoms with Crippen LogP contribution in [0.25, 0.3) is 0 Å². The molecule has 0 amide bonds. The van der Waals surface area contributed by atoms with Crippen molar-refractivity contribution in [3.8, 4) is 0 Å². The maximum absolute atomic E-state index is 13.8. The molecule has 1 aliphatic rings. The summed E-state index contributed by atoms with van der Waals surface area (Å²) < 4.78 is 61.3. The van der Waals surface area contributed by atoms with Crippen molar-refractivity contribution >= 4 is 26.0 Å². The third-order valence-corrected chi connectivity index (χ3v) is 10.1. The number of cyclic esters (lactones) is 1. The number of hydrogen-bond donors (Lipinski definition) is 0. The van der Waals surface area contributed by atoms with Crippen LogP contribution in [0.2, 0.25) is 0 Å². The lowest BCUT2D eigenvalue weighted by Crippen LogP contribution is -2.47. The highest BCUT2D eigenvalue weighted by atomic mass is 32.3. The van der Waals surface area contributed by atoms with E-state index in [2.05, 4.69) is 0 Å². The van der Waals surface area contributed by atoms with Crippen LogP contribution in [0.4, 0.5) is 0 Å². The van der Waals surface area contributed by atoms with Crippen molar-refractivity contribution < 1.29 is 26.4 Å². The summed E-state index contributed by atoms with van der Waals surface area (Å²) in [5.74, 6) is -0.523. The van der Waals surface area contributed by atoms with E-state index in [9.17, 15) is 21.6 Å². The van der Waals surface area contributed by atoms with Gasteiger partial charge < -0.3 is 4.74 Å². The first-order chi connectivity index (χ1) is 16.0.